The molecule has 3 N–H and O–H groups in total. The number of allylic oxidation sites excluding steroid dienone is 1. The van der Waals surface area contributed by atoms with Gasteiger partial charge in [-0.2, -0.15) is 5.10 Å². The Kier molecular flexibility index (Phi) is 5.86. The minimum absolute atomic E-state index is 0.101. The van der Waals surface area contributed by atoms with E-state index >= 15 is 0 Å². The number of amides is 2. The molecule has 3 heterocycles. The summed E-state index contributed by atoms with van der Waals surface area (Å²) in [5.41, 5.74) is 0.0790. The van der Waals surface area contributed by atoms with Crippen LogP contribution in [0.2, 0.25) is 0 Å². The highest BCUT2D eigenvalue weighted by atomic mass is 19.1. The number of aromatic nitrogens is 3. The van der Waals surface area contributed by atoms with Crippen molar-refractivity contribution >= 4 is 23.8 Å². The van der Waals surface area contributed by atoms with Crippen LogP contribution in [0.3, 0.4) is 0 Å². The summed E-state index contributed by atoms with van der Waals surface area (Å²) in [7, 11) is 3.19. The Labute approximate surface area is 165 Å². The number of nitrogens with zero attached hydrogens (tertiary/aromatic N) is 4. The minimum Gasteiger partial charge on any atom is -0.487 e. The molecule has 1 aliphatic heterocycles. The lowest BCUT2D eigenvalue weighted by atomic mass is 10.2. The van der Waals surface area contributed by atoms with Crippen molar-refractivity contribution in [1.82, 2.24) is 25.4 Å². The third kappa shape index (κ3) is 4.23. The molecule has 10 nitrogen and oxygen atoms in total. The Bertz CT molecular complexity index is 972. The molecule has 0 fully saturated rings. The van der Waals surface area contributed by atoms with Gasteiger partial charge in [-0.1, -0.05) is 0 Å². The van der Waals surface area contributed by atoms with Crippen molar-refractivity contribution in [3.05, 3.63) is 47.8 Å². The van der Waals surface area contributed by atoms with E-state index in [1.165, 1.54) is 22.8 Å². The fourth-order valence-electron chi connectivity index (χ4n) is 2.80. The largest absolute Gasteiger partial charge is 0.487 e. The fraction of sp³-hybridized carbons (Fsp3) is 0.278. The Morgan fingerprint density at radius 3 is 3.03 bits per heavy atom. The number of fused-ring (bicyclic) bond motifs is 1. The molecule has 0 aliphatic carbocycles. The molecule has 2 aromatic rings. The van der Waals surface area contributed by atoms with Crippen molar-refractivity contribution in [2.75, 3.05) is 25.6 Å². The molecule has 0 aromatic carbocycles. The van der Waals surface area contributed by atoms with Gasteiger partial charge in [0, 0.05) is 38.3 Å². The fourth-order valence-corrected chi connectivity index (χ4v) is 2.80. The van der Waals surface area contributed by atoms with Gasteiger partial charge in [-0.05, 0) is 12.1 Å². The van der Waals surface area contributed by atoms with E-state index in [2.05, 4.69) is 20.7 Å². The van der Waals surface area contributed by atoms with Gasteiger partial charge in [0.05, 0.1) is 12.7 Å². The zero-order valence-electron chi connectivity index (χ0n) is 15.8. The maximum atomic E-state index is 14.3. The van der Waals surface area contributed by atoms with E-state index in [1.54, 1.807) is 25.4 Å². The predicted octanol–water partition coefficient (Wildman–Crippen LogP) is 0.324. The van der Waals surface area contributed by atoms with Crippen LogP contribution in [0.1, 0.15) is 10.5 Å². The highest BCUT2D eigenvalue weighted by Crippen LogP contribution is 2.27. The first-order valence-electron chi connectivity index (χ1n) is 8.70. The van der Waals surface area contributed by atoms with Gasteiger partial charge < -0.3 is 20.8 Å². The zero-order valence-corrected chi connectivity index (χ0v) is 15.8. The lowest BCUT2D eigenvalue weighted by Crippen LogP contribution is -2.49. The highest BCUT2D eigenvalue weighted by molar-refractivity contribution is 6.02. The summed E-state index contributed by atoms with van der Waals surface area (Å²) in [6.45, 7) is -0.0253. The Balaban J connectivity index is 1.74. The van der Waals surface area contributed by atoms with E-state index in [4.69, 9.17) is 10.1 Å². The number of hydrogen-bond donors (Lipinski definition) is 3. The molecule has 152 valence electrons. The summed E-state index contributed by atoms with van der Waals surface area (Å²) in [5.74, 6) is -1.38. The average Bonchev–Trinajstić information content (AvgIpc) is 3.04. The number of anilines is 1. The van der Waals surface area contributed by atoms with Crippen LogP contribution in [-0.2, 0) is 11.3 Å². The summed E-state index contributed by atoms with van der Waals surface area (Å²) in [6, 6.07) is 2.30. The number of halogens is 1. The Hall–Kier alpha value is -3.76. The van der Waals surface area contributed by atoms with Crippen LogP contribution in [-0.4, -0.2) is 59.5 Å². The molecule has 0 saturated heterocycles. The van der Waals surface area contributed by atoms with E-state index < -0.39 is 29.4 Å². The summed E-state index contributed by atoms with van der Waals surface area (Å²) < 4.78 is 21.0. The SMILES string of the molecule is CN/C=C(\C=N)Cn1cc(F)c(C(=O)N[C@H]2COc3cccnc3N(C)C2=O)n1. The molecule has 1 aliphatic rings. The minimum atomic E-state index is -1.03. The lowest BCUT2D eigenvalue weighted by Gasteiger charge is -2.19. The van der Waals surface area contributed by atoms with Crippen molar-refractivity contribution in [2.45, 2.75) is 12.6 Å². The third-order valence-electron chi connectivity index (χ3n) is 4.20. The second-order valence-electron chi connectivity index (χ2n) is 6.23. The van der Waals surface area contributed by atoms with Gasteiger partial charge in [-0.15, -0.1) is 0 Å². The van der Waals surface area contributed by atoms with E-state index in [0.29, 0.717) is 17.1 Å². The second kappa shape index (κ2) is 8.50. The maximum Gasteiger partial charge on any atom is 0.275 e. The van der Waals surface area contributed by atoms with Gasteiger partial charge in [0.2, 0.25) is 0 Å². The van der Waals surface area contributed by atoms with Crippen LogP contribution < -0.4 is 20.3 Å². The first kappa shape index (κ1) is 20.0. The second-order valence-corrected chi connectivity index (χ2v) is 6.23. The van der Waals surface area contributed by atoms with Crippen molar-refractivity contribution in [3.63, 3.8) is 0 Å². The van der Waals surface area contributed by atoms with E-state index in [0.717, 1.165) is 12.4 Å². The smallest absolute Gasteiger partial charge is 0.275 e. The highest BCUT2D eigenvalue weighted by Gasteiger charge is 2.32. The van der Waals surface area contributed by atoms with Gasteiger partial charge in [0.25, 0.3) is 11.8 Å². The molecule has 3 rings (SSSR count). The third-order valence-corrected chi connectivity index (χ3v) is 4.20. The quantitative estimate of drug-likeness (QED) is 0.599. The molecule has 0 bridgehead atoms. The molecule has 11 heteroatoms. The van der Waals surface area contributed by atoms with Crippen LogP contribution in [0.5, 0.6) is 5.75 Å². The van der Waals surface area contributed by atoms with Crippen molar-refractivity contribution < 1.29 is 18.7 Å². The summed E-state index contributed by atoms with van der Waals surface area (Å²) in [4.78, 5) is 30.6. The molecule has 0 spiro atoms. The number of nitrogens with one attached hydrogen (secondary N) is 3. The molecular weight excluding hydrogens is 381 g/mol. The van der Waals surface area contributed by atoms with E-state index in [9.17, 15) is 14.0 Å². The van der Waals surface area contributed by atoms with E-state index in [-0.39, 0.29) is 13.2 Å². The van der Waals surface area contributed by atoms with Crippen LogP contribution in [0.15, 0.2) is 36.3 Å². The maximum absolute atomic E-state index is 14.3. The van der Waals surface area contributed by atoms with E-state index in [1.807, 2.05) is 0 Å². The van der Waals surface area contributed by atoms with Gasteiger partial charge >= 0.3 is 0 Å². The Morgan fingerprint density at radius 2 is 2.31 bits per heavy atom. The van der Waals surface area contributed by atoms with Gasteiger partial charge in [-0.25, -0.2) is 9.37 Å². The Morgan fingerprint density at radius 1 is 1.52 bits per heavy atom. The molecule has 0 radical (unpaired) electrons. The van der Waals surface area contributed by atoms with Crippen LogP contribution in [0, 0.1) is 11.2 Å². The van der Waals surface area contributed by atoms with Crippen molar-refractivity contribution in [1.29, 1.82) is 5.41 Å². The number of carbonyl (C=O) groups is 2. The summed E-state index contributed by atoms with van der Waals surface area (Å²) in [5, 5.41) is 16.5. The van der Waals surface area contributed by atoms with Crippen molar-refractivity contribution in [2.24, 2.45) is 0 Å². The predicted molar refractivity (Wildman–Crippen MR) is 103 cm³/mol. The van der Waals surface area contributed by atoms with Crippen LogP contribution in [0.25, 0.3) is 0 Å². The van der Waals surface area contributed by atoms with Gasteiger partial charge in [-0.3, -0.25) is 19.2 Å². The lowest BCUT2D eigenvalue weighted by molar-refractivity contribution is -0.120. The number of hydrogen-bond acceptors (Lipinski definition) is 7. The zero-order chi connectivity index (χ0) is 21.0. The number of rotatable bonds is 6. The molecule has 0 unspecified atom stereocenters. The number of ether oxygens (including phenoxy) is 1. The molecule has 2 amide bonds. The number of pyridine rings is 1. The summed E-state index contributed by atoms with van der Waals surface area (Å²) >= 11 is 0. The average molecular weight is 401 g/mol. The number of likely N-dealkylation sites (N-methyl/N-ethyl adjacent to an activating group) is 1. The molecule has 2 aromatic heterocycles. The molecular formula is C18H20FN7O3. The monoisotopic (exact) mass is 401 g/mol. The molecule has 29 heavy (non-hydrogen) atoms. The van der Waals surface area contributed by atoms with Crippen molar-refractivity contribution in [3.8, 4) is 5.75 Å². The molecule has 0 saturated carbocycles. The van der Waals surface area contributed by atoms with Gasteiger partial charge in [0.15, 0.2) is 23.1 Å². The van der Waals surface area contributed by atoms with Crippen LogP contribution >= 0.6 is 0 Å². The van der Waals surface area contributed by atoms with Gasteiger partial charge in [0.1, 0.15) is 12.6 Å². The van der Waals surface area contributed by atoms with Crippen LogP contribution in [0.4, 0.5) is 10.2 Å². The number of carbonyl (C=O) groups excluding carboxylic acids is 2. The topological polar surface area (TPSA) is 125 Å². The molecule has 1 atom stereocenters. The summed E-state index contributed by atoms with van der Waals surface area (Å²) in [6.07, 6.45) is 5.24. The first-order chi connectivity index (χ1) is 13.9. The first-order valence-corrected chi connectivity index (χ1v) is 8.70. The normalized spacial score (nSPS) is 16.5. The standard InChI is InChI=1S/C18H20FN7O3/c1-21-7-11(6-20)8-26-9-12(19)15(24-26)17(27)23-13-10-29-14-4-3-5-22-16(14)25(2)18(13)28/h3-7,9,13,20-21H,8,10H2,1-2H3,(H,23,27)/b11-7+,20-6?/t13-/m0/s1.